The van der Waals surface area contributed by atoms with Gasteiger partial charge in [0, 0.05) is 22.5 Å². The third-order valence-corrected chi connectivity index (χ3v) is 12.4. The normalized spacial score (nSPS) is 13.1. The molecule has 260 valence electrons. The molecule has 0 atom stereocenters. The third-order valence-electron chi connectivity index (χ3n) is 12.4. The van der Waals surface area contributed by atoms with Gasteiger partial charge in [-0.15, -0.1) is 0 Å². The maximum Gasteiger partial charge on any atom is 0.0714 e. The Balaban J connectivity index is 1.18. The molecule has 1 nitrogen and oxygen atoms in total. The van der Waals surface area contributed by atoms with Crippen molar-refractivity contribution in [2.75, 3.05) is 4.90 Å². The predicted molar refractivity (Wildman–Crippen MR) is 233 cm³/mol. The summed E-state index contributed by atoms with van der Waals surface area (Å²) in [6.45, 7) is 0. The minimum Gasteiger partial charge on any atom is -0.310 e. The van der Waals surface area contributed by atoms with Crippen LogP contribution in [0.2, 0.25) is 0 Å². The summed E-state index contributed by atoms with van der Waals surface area (Å²) in [5.74, 6) is 0. The fourth-order valence-corrected chi connectivity index (χ4v) is 10.3. The molecule has 1 heteroatoms. The molecule has 12 rings (SSSR count). The summed E-state index contributed by atoms with van der Waals surface area (Å²) in [5.41, 5.74) is 23.5. The second kappa shape index (κ2) is 11.9. The van der Waals surface area contributed by atoms with Gasteiger partial charge < -0.3 is 4.90 Å². The standard InChI is InChI=1S/C55H35N/c1-4-17-36(18-5-1)55(37-19-6-2-7-20-37)49-31-13-12-24-41(49)42-34-33-39(35-50(42)55)56(38-21-8-3-9-22-38)51-32-16-30-48-46-28-15-27-45-47-29-14-26-44(53(47)54(48)51)40-23-10-11-25-43(40)52(45)46/h1-35H. The first-order chi connectivity index (χ1) is 27.8. The molecule has 9 aromatic rings. The average molecular weight is 710 g/mol. The molecule has 0 fully saturated rings. The Labute approximate surface area is 327 Å². The molecular weight excluding hydrogens is 675 g/mol. The Morgan fingerprint density at radius 3 is 1.39 bits per heavy atom. The molecule has 3 aliphatic rings. The van der Waals surface area contributed by atoms with E-state index in [0.29, 0.717) is 0 Å². The van der Waals surface area contributed by atoms with E-state index in [0.717, 1.165) is 17.1 Å². The highest BCUT2D eigenvalue weighted by molar-refractivity contribution is 6.17. The van der Waals surface area contributed by atoms with Gasteiger partial charge in [0.2, 0.25) is 0 Å². The van der Waals surface area contributed by atoms with Gasteiger partial charge in [0.05, 0.1) is 11.1 Å². The van der Waals surface area contributed by atoms with Gasteiger partial charge in [0.25, 0.3) is 0 Å². The van der Waals surface area contributed by atoms with E-state index in [-0.39, 0.29) is 0 Å². The third kappa shape index (κ3) is 4.15. The van der Waals surface area contributed by atoms with Gasteiger partial charge in [-0.05, 0) is 108 Å². The molecule has 0 radical (unpaired) electrons. The zero-order chi connectivity index (χ0) is 36.8. The van der Waals surface area contributed by atoms with E-state index in [1.807, 2.05) is 0 Å². The highest BCUT2D eigenvalue weighted by Crippen LogP contribution is 2.61. The first kappa shape index (κ1) is 31.2. The number of nitrogens with zero attached hydrogens (tertiary/aromatic N) is 1. The Morgan fingerprint density at radius 1 is 0.268 bits per heavy atom. The van der Waals surface area contributed by atoms with Crippen LogP contribution >= 0.6 is 0 Å². The molecular formula is C55H35N. The smallest absolute Gasteiger partial charge is 0.0714 e. The summed E-state index contributed by atoms with van der Waals surface area (Å²) in [5, 5.41) is 0. The lowest BCUT2D eigenvalue weighted by atomic mass is 9.67. The number of anilines is 3. The van der Waals surface area contributed by atoms with E-state index in [1.165, 1.54) is 89.0 Å². The summed E-state index contributed by atoms with van der Waals surface area (Å²) < 4.78 is 0. The summed E-state index contributed by atoms with van der Waals surface area (Å²) in [6, 6.07) is 79.0. The van der Waals surface area contributed by atoms with Gasteiger partial charge in [-0.1, -0.05) is 182 Å². The minimum absolute atomic E-state index is 0.501. The maximum absolute atomic E-state index is 2.50. The second-order valence-corrected chi connectivity index (χ2v) is 15.1. The number of para-hydroxylation sites is 1. The van der Waals surface area contributed by atoms with Crippen molar-refractivity contribution in [2.45, 2.75) is 5.41 Å². The van der Waals surface area contributed by atoms with Gasteiger partial charge >= 0.3 is 0 Å². The fourth-order valence-electron chi connectivity index (χ4n) is 10.3. The molecule has 0 spiro atoms. The summed E-state index contributed by atoms with van der Waals surface area (Å²) in [6.07, 6.45) is 0. The molecule has 9 aromatic carbocycles. The van der Waals surface area contributed by atoms with Crippen LogP contribution in [0.25, 0.3) is 66.8 Å². The lowest BCUT2D eigenvalue weighted by Gasteiger charge is -2.35. The van der Waals surface area contributed by atoms with Crippen molar-refractivity contribution in [1.29, 1.82) is 0 Å². The van der Waals surface area contributed by atoms with E-state index in [4.69, 9.17) is 0 Å². The monoisotopic (exact) mass is 709 g/mol. The first-order valence-corrected chi connectivity index (χ1v) is 19.5. The zero-order valence-electron chi connectivity index (χ0n) is 30.7. The molecule has 0 unspecified atom stereocenters. The van der Waals surface area contributed by atoms with Crippen molar-refractivity contribution >= 4 is 17.1 Å². The molecule has 3 aliphatic carbocycles. The Hall–Kier alpha value is -7.22. The van der Waals surface area contributed by atoms with Crippen molar-refractivity contribution in [1.82, 2.24) is 0 Å². The van der Waals surface area contributed by atoms with Crippen molar-refractivity contribution in [3.63, 3.8) is 0 Å². The molecule has 0 saturated heterocycles. The van der Waals surface area contributed by atoms with Gasteiger partial charge in [0.1, 0.15) is 0 Å². The SMILES string of the molecule is c1ccc(N(c2ccc3c(c2)C(c2ccccc2)(c2ccccc2)c2ccccc2-3)c2cccc3c2-c2c4cccc2-c2cccc-3c2-c2ccccc2-4)cc1. The van der Waals surface area contributed by atoms with E-state index >= 15 is 0 Å². The molecule has 0 amide bonds. The van der Waals surface area contributed by atoms with Crippen molar-refractivity contribution in [2.24, 2.45) is 0 Å². The highest BCUT2D eigenvalue weighted by Gasteiger charge is 2.46. The van der Waals surface area contributed by atoms with Crippen molar-refractivity contribution in [3.05, 3.63) is 235 Å². The lowest BCUT2D eigenvalue weighted by Crippen LogP contribution is -2.28. The van der Waals surface area contributed by atoms with Crippen LogP contribution in [-0.4, -0.2) is 0 Å². The topological polar surface area (TPSA) is 3.24 Å². The first-order valence-electron chi connectivity index (χ1n) is 19.5. The molecule has 56 heavy (non-hydrogen) atoms. The average Bonchev–Trinajstić information content (AvgIpc) is 3.51. The van der Waals surface area contributed by atoms with E-state index in [9.17, 15) is 0 Å². The molecule has 0 aliphatic heterocycles. The van der Waals surface area contributed by atoms with Gasteiger partial charge in [-0.25, -0.2) is 0 Å². The van der Waals surface area contributed by atoms with Gasteiger partial charge in [-0.3, -0.25) is 0 Å². The molecule has 0 aromatic heterocycles. The molecule has 0 saturated carbocycles. The number of rotatable bonds is 5. The Bertz CT molecular complexity index is 2950. The van der Waals surface area contributed by atoms with E-state index < -0.39 is 5.41 Å². The van der Waals surface area contributed by atoms with Gasteiger partial charge in [-0.2, -0.15) is 0 Å². The van der Waals surface area contributed by atoms with Crippen molar-refractivity contribution in [3.8, 4) is 66.8 Å². The molecule has 0 N–H and O–H groups in total. The van der Waals surface area contributed by atoms with E-state index in [1.54, 1.807) is 0 Å². The lowest BCUT2D eigenvalue weighted by molar-refractivity contribution is 0.768. The highest BCUT2D eigenvalue weighted by atomic mass is 15.1. The largest absolute Gasteiger partial charge is 0.310 e. The predicted octanol–water partition coefficient (Wildman–Crippen LogP) is 14.5. The fraction of sp³-hybridized carbons (Fsp3) is 0.0182. The van der Waals surface area contributed by atoms with Crippen LogP contribution in [-0.2, 0) is 5.41 Å². The minimum atomic E-state index is -0.501. The number of hydrogen-bond donors (Lipinski definition) is 0. The summed E-state index contributed by atoms with van der Waals surface area (Å²) in [4.78, 5) is 2.50. The number of fused-ring (bicyclic) bond motifs is 7. The summed E-state index contributed by atoms with van der Waals surface area (Å²) >= 11 is 0. The van der Waals surface area contributed by atoms with Crippen LogP contribution in [0.15, 0.2) is 212 Å². The van der Waals surface area contributed by atoms with Crippen LogP contribution in [0.1, 0.15) is 22.3 Å². The van der Waals surface area contributed by atoms with Gasteiger partial charge in [0.15, 0.2) is 0 Å². The molecule has 0 heterocycles. The molecule has 6 bridgehead atoms. The Kier molecular flexibility index (Phi) is 6.62. The zero-order valence-corrected chi connectivity index (χ0v) is 30.7. The quantitative estimate of drug-likeness (QED) is 0.172. The van der Waals surface area contributed by atoms with Crippen molar-refractivity contribution < 1.29 is 0 Å². The Morgan fingerprint density at radius 2 is 0.732 bits per heavy atom. The van der Waals surface area contributed by atoms with Crippen LogP contribution < -0.4 is 4.90 Å². The van der Waals surface area contributed by atoms with Crippen LogP contribution in [0.5, 0.6) is 0 Å². The number of hydrogen-bond acceptors (Lipinski definition) is 1. The summed E-state index contributed by atoms with van der Waals surface area (Å²) in [7, 11) is 0. The number of benzene rings is 9. The maximum atomic E-state index is 2.50. The van der Waals surface area contributed by atoms with Crippen LogP contribution in [0, 0.1) is 0 Å². The van der Waals surface area contributed by atoms with Crippen LogP contribution in [0.3, 0.4) is 0 Å². The van der Waals surface area contributed by atoms with E-state index in [2.05, 4.69) is 217 Å². The second-order valence-electron chi connectivity index (χ2n) is 15.1. The van der Waals surface area contributed by atoms with Crippen LogP contribution in [0.4, 0.5) is 17.1 Å².